The number of ether oxygens (including phenoxy) is 2. The van der Waals surface area contributed by atoms with E-state index in [9.17, 15) is 4.79 Å². The first-order chi connectivity index (χ1) is 6.60. The van der Waals surface area contributed by atoms with Crippen molar-refractivity contribution in [2.75, 3.05) is 0 Å². The van der Waals surface area contributed by atoms with Gasteiger partial charge < -0.3 is 9.47 Å². The Hall–Kier alpha value is 0. The highest BCUT2D eigenvalue weighted by molar-refractivity contribution is 14.1. The lowest BCUT2D eigenvalue weighted by atomic mass is 10.1. The summed E-state index contributed by atoms with van der Waals surface area (Å²) in [6.45, 7) is 5.97. The van der Waals surface area contributed by atoms with Crippen molar-refractivity contribution in [1.29, 1.82) is 0 Å². The van der Waals surface area contributed by atoms with Gasteiger partial charge in [0.05, 0.1) is 0 Å². The molecule has 0 radical (unpaired) electrons. The lowest BCUT2D eigenvalue weighted by Crippen LogP contribution is -2.20. The largest absolute Gasteiger partial charge is 0.509 e. The molecule has 0 aliphatic heterocycles. The summed E-state index contributed by atoms with van der Waals surface area (Å²) >= 11 is 2.02. The maximum absolute atomic E-state index is 11.2. The number of halogens is 1. The Morgan fingerprint density at radius 3 is 2.07 bits per heavy atom. The van der Waals surface area contributed by atoms with Crippen molar-refractivity contribution < 1.29 is 14.3 Å². The molecule has 4 heteroatoms. The number of hydrogen-bond acceptors (Lipinski definition) is 3. The Labute approximate surface area is 99.7 Å². The van der Waals surface area contributed by atoms with Gasteiger partial charge in [0.2, 0.25) is 0 Å². The highest BCUT2D eigenvalue weighted by Gasteiger charge is 2.14. The molecule has 0 spiro atoms. The van der Waals surface area contributed by atoms with E-state index in [0.717, 1.165) is 25.7 Å². The molecule has 0 saturated heterocycles. The first kappa shape index (κ1) is 14.0. The van der Waals surface area contributed by atoms with Crippen LogP contribution in [0.2, 0.25) is 0 Å². The Kier molecular flexibility index (Phi) is 8.32. The fourth-order valence-electron chi connectivity index (χ4n) is 1.20. The Morgan fingerprint density at radius 1 is 1.21 bits per heavy atom. The van der Waals surface area contributed by atoms with Gasteiger partial charge in [-0.1, -0.05) is 26.7 Å². The SMILES string of the molecule is CCCC(CCC)OC(=O)OC(C)I. The van der Waals surface area contributed by atoms with Gasteiger partial charge in [-0.05, 0) is 42.4 Å². The van der Waals surface area contributed by atoms with Gasteiger partial charge in [0.25, 0.3) is 0 Å². The van der Waals surface area contributed by atoms with Crippen molar-refractivity contribution in [1.82, 2.24) is 0 Å². The van der Waals surface area contributed by atoms with Gasteiger partial charge in [0, 0.05) is 0 Å². The summed E-state index contributed by atoms with van der Waals surface area (Å²) in [5, 5.41) is 0. The lowest BCUT2D eigenvalue weighted by molar-refractivity contribution is 0.0171. The first-order valence-electron chi connectivity index (χ1n) is 5.11. The van der Waals surface area contributed by atoms with Gasteiger partial charge in [-0.3, -0.25) is 0 Å². The maximum atomic E-state index is 11.2. The number of hydrogen-bond donors (Lipinski definition) is 0. The maximum Gasteiger partial charge on any atom is 0.509 e. The molecule has 14 heavy (non-hydrogen) atoms. The summed E-state index contributed by atoms with van der Waals surface area (Å²) in [5.41, 5.74) is 0. The van der Waals surface area contributed by atoms with Crippen molar-refractivity contribution in [3.05, 3.63) is 0 Å². The van der Waals surface area contributed by atoms with Crippen LogP contribution in [0.5, 0.6) is 0 Å². The smallest absolute Gasteiger partial charge is 0.431 e. The van der Waals surface area contributed by atoms with Gasteiger partial charge in [-0.15, -0.1) is 0 Å². The predicted molar refractivity (Wildman–Crippen MR) is 64.7 cm³/mol. The van der Waals surface area contributed by atoms with Crippen molar-refractivity contribution in [3.8, 4) is 0 Å². The number of carbonyl (C=O) groups excluding carboxylic acids is 1. The minimum Gasteiger partial charge on any atom is -0.431 e. The summed E-state index contributed by atoms with van der Waals surface area (Å²) < 4.78 is 9.94. The molecule has 1 unspecified atom stereocenters. The fraction of sp³-hybridized carbons (Fsp3) is 0.900. The number of alkyl halides is 1. The molecule has 0 aromatic carbocycles. The van der Waals surface area contributed by atoms with Gasteiger partial charge in [-0.25, -0.2) is 4.79 Å². The van der Waals surface area contributed by atoms with E-state index in [4.69, 9.17) is 9.47 Å². The van der Waals surface area contributed by atoms with Crippen LogP contribution in [0.25, 0.3) is 0 Å². The van der Waals surface area contributed by atoms with Crippen LogP contribution in [-0.4, -0.2) is 16.4 Å². The van der Waals surface area contributed by atoms with E-state index in [1.54, 1.807) is 6.92 Å². The molecule has 0 amide bonds. The molecule has 0 fully saturated rings. The van der Waals surface area contributed by atoms with Crippen LogP contribution in [-0.2, 0) is 9.47 Å². The minimum absolute atomic E-state index is 0.0210. The van der Waals surface area contributed by atoms with Gasteiger partial charge in [-0.2, -0.15) is 0 Å². The zero-order valence-electron chi connectivity index (χ0n) is 9.09. The Morgan fingerprint density at radius 2 is 1.71 bits per heavy atom. The number of carbonyl (C=O) groups is 1. The lowest BCUT2D eigenvalue weighted by Gasteiger charge is -2.16. The summed E-state index contributed by atoms with van der Waals surface area (Å²) in [5.74, 6) is 0. The summed E-state index contributed by atoms with van der Waals surface area (Å²) in [6, 6.07) is 0. The highest BCUT2D eigenvalue weighted by Crippen LogP contribution is 2.12. The molecule has 0 saturated carbocycles. The quantitative estimate of drug-likeness (QED) is 0.424. The fourth-order valence-corrected chi connectivity index (χ4v) is 1.41. The first-order valence-corrected chi connectivity index (χ1v) is 6.36. The van der Waals surface area contributed by atoms with E-state index < -0.39 is 6.16 Å². The third-order valence-corrected chi connectivity index (χ3v) is 2.00. The van der Waals surface area contributed by atoms with Crippen LogP contribution in [0.1, 0.15) is 46.5 Å². The summed E-state index contributed by atoms with van der Waals surface area (Å²) in [4.78, 5) is 11.2. The molecule has 0 aromatic rings. The van der Waals surface area contributed by atoms with Crippen molar-refractivity contribution in [2.24, 2.45) is 0 Å². The zero-order chi connectivity index (χ0) is 11.0. The van der Waals surface area contributed by atoms with Crippen LogP contribution < -0.4 is 0 Å². The summed E-state index contributed by atoms with van der Waals surface area (Å²) in [6.07, 6.45) is 3.36. The topological polar surface area (TPSA) is 35.5 Å². The molecule has 1 atom stereocenters. The monoisotopic (exact) mass is 314 g/mol. The third-order valence-electron chi connectivity index (χ3n) is 1.74. The van der Waals surface area contributed by atoms with Crippen molar-refractivity contribution in [3.63, 3.8) is 0 Å². The second kappa shape index (κ2) is 8.32. The molecule has 3 nitrogen and oxygen atoms in total. The average molecular weight is 314 g/mol. The molecule has 0 aliphatic rings. The second-order valence-corrected chi connectivity index (χ2v) is 4.98. The molecule has 0 N–H and O–H groups in total. The average Bonchev–Trinajstić information content (AvgIpc) is 2.03. The standard InChI is InChI=1S/C10H19IO3/c1-4-6-9(7-5-2)14-10(12)13-8(3)11/h8-9H,4-7H2,1-3H3. The van der Waals surface area contributed by atoms with E-state index >= 15 is 0 Å². The number of rotatable bonds is 6. The molecule has 0 bridgehead atoms. The van der Waals surface area contributed by atoms with E-state index in [1.807, 2.05) is 22.6 Å². The second-order valence-electron chi connectivity index (χ2n) is 3.23. The van der Waals surface area contributed by atoms with E-state index in [1.165, 1.54) is 0 Å². The highest BCUT2D eigenvalue weighted by atomic mass is 127. The molecule has 0 aliphatic carbocycles. The summed E-state index contributed by atoms with van der Waals surface area (Å²) in [7, 11) is 0. The van der Waals surface area contributed by atoms with Gasteiger partial charge in [0.1, 0.15) is 6.10 Å². The van der Waals surface area contributed by atoms with Crippen LogP contribution >= 0.6 is 22.6 Å². The van der Waals surface area contributed by atoms with E-state index in [0.29, 0.717) is 0 Å². The van der Waals surface area contributed by atoms with Crippen molar-refractivity contribution in [2.45, 2.75) is 56.7 Å². The molecule has 0 aromatic heterocycles. The molecular weight excluding hydrogens is 295 g/mol. The van der Waals surface area contributed by atoms with Gasteiger partial charge >= 0.3 is 6.16 Å². The van der Waals surface area contributed by atoms with Crippen LogP contribution in [0.4, 0.5) is 4.79 Å². The Balaban J connectivity index is 3.82. The van der Waals surface area contributed by atoms with E-state index in [-0.39, 0.29) is 10.2 Å². The molecule has 84 valence electrons. The van der Waals surface area contributed by atoms with Crippen LogP contribution in [0.15, 0.2) is 0 Å². The third kappa shape index (κ3) is 7.41. The minimum atomic E-state index is -0.543. The predicted octanol–water partition coefficient (Wildman–Crippen LogP) is 3.89. The Bertz CT molecular complexity index is 153. The van der Waals surface area contributed by atoms with Crippen LogP contribution in [0, 0.1) is 0 Å². The van der Waals surface area contributed by atoms with Gasteiger partial charge in [0.15, 0.2) is 4.11 Å². The molecular formula is C10H19IO3. The molecule has 0 heterocycles. The zero-order valence-corrected chi connectivity index (χ0v) is 11.2. The molecule has 0 rings (SSSR count). The van der Waals surface area contributed by atoms with Crippen molar-refractivity contribution >= 4 is 28.7 Å². The van der Waals surface area contributed by atoms with E-state index in [2.05, 4.69) is 13.8 Å². The van der Waals surface area contributed by atoms with Crippen LogP contribution in [0.3, 0.4) is 0 Å². The normalized spacial score (nSPS) is 12.6.